The topological polar surface area (TPSA) is 61.9 Å². The minimum Gasteiger partial charge on any atom is -0.344 e. The average molecular weight is 289 g/mol. The van der Waals surface area contributed by atoms with E-state index < -0.39 is 0 Å². The molecule has 1 aromatic heterocycles. The highest BCUT2D eigenvalue weighted by atomic mass is 35.5. The minimum absolute atomic E-state index is 0.0676. The Bertz CT molecular complexity index is 731. The van der Waals surface area contributed by atoms with Crippen LogP contribution >= 0.6 is 11.6 Å². The number of para-hydroxylation sites is 1. The van der Waals surface area contributed by atoms with Crippen molar-refractivity contribution in [3.8, 4) is 6.07 Å². The second kappa shape index (κ2) is 4.80. The normalized spacial score (nSPS) is 18.8. The summed E-state index contributed by atoms with van der Waals surface area (Å²) in [6.07, 6.45) is 0.738. The van der Waals surface area contributed by atoms with Crippen LogP contribution < -0.4 is 0 Å². The molecule has 1 aliphatic heterocycles. The first-order chi connectivity index (χ1) is 9.67. The van der Waals surface area contributed by atoms with Gasteiger partial charge in [-0.05, 0) is 18.6 Å². The van der Waals surface area contributed by atoms with Gasteiger partial charge in [0.05, 0.1) is 17.0 Å². The standard InChI is InChI=1S/C14H13ClN4O/c1-18-6-5-11(14(18)20)19-10-4-2-3-9(8-16)13(10)17-12(19)7-15/h2-4,11H,5-7H2,1H3. The number of likely N-dealkylation sites (N-methyl/N-ethyl adjacent to an activating group) is 1. The Morgan fingerprint density at radius 2 is 2.35 bits per heavy atom. The molecule has 1 atom stereocenters. The Morgan fingerprint density at radius 1 is 1.55 bits per heavy atom. The van der Waals surface area contributed by atoms with Crippen LogP contribution in [0, 0.1) is 11.3 Å². The van der Waals surface area contributed by atoms with Gasteiger partial charge in [0.1, 0.15) is 23.5 Å². The summed E-state index contributed by atoms with van der Waals surface area (Å²) in [6.45, 7) is 0.725. The van der Waals surface area contributed by atoms with E-state index >= 15 is 0 Å². The molecule has 2 aromatic rings. The molecule has 0 spiro atoms. The van der Waals surface area contributed by atoms with Crippen LogP contribution in [0.25, 0.3) is 11.0 Å². The molecular formula is C14H13ClN4O. The highest BCUT2D eigenvalue weighted by molar-refractivity contribution is 6.17. The number of amides is 1. The van der Waals surface area contributed by atoms with Crippen molar-refractivity contribution in [2.24, 2.45) is 0 Å². The second-order valence-electron chi connectivity index (χ2n) is 4.88. The SMILES string of the molecule is CN1CCC(n2c(CCl)nc3c(C#N)cccc32)C1=O. The predicted octanol–water partition coefficient (Wildman–Crippen LogP) is 2.05. The number of fused-ring (bicyclic) bond motifs is 1. The van der Waals surface area contributed by atoms with Crippen LogP contribution in [0.1, 0.15) is 23.9 Å². The van der Waals surface area contributed by atoms with Crippen molar-refractivity contribution >= 4 is 28.5 Å². The number of carbonyl (C=O) groups excluding carboxylic acids is 1. The molecule has 5 nitrogen and oxygen atoms in total. The number of benzene rings is 1. The third kappa shape index (κ3) is 1.76. The zero-order valence-electron chi connectivity index (χ0n) is 11.0. The van der Waals surface area contributed by atoms with Crippen LogP contribution in [0.15, 0.2) is 18.2 Å². The van der Waals surface area contributed by atoms with Crippen LogP contribution in [0.4, 0.5) is 0 Å². The minimum atomic E-state index is -0.271. The monoisotopic (exact) mass is 288 g/mol. The molecular weight excluding hydrogens is 276 g/mol. The fourth-order valence-corrected chi connectivity index (χ4v) is 2.93. The summed E-state index contributed by atoms with van der Waals surface area (Å²) in [7, 11) is 1.79. The van der Waals surface area contributed by atoms with Crippen molar-refractivity contribution in [2.45, 2.75) is 18.3 Å². The highest BCUT2D eigenvalue weighted by Gasteiger charge is 2.33. The van der Waals surface area contributed by atoms with E-state index in [1.807, 2.05) is 10.6 Å². The van der Waals surface area contributed by atoms with Gasteiger partial charge in [0.15, 0.2) is 0 Å². The van der Waals surface area contributed by atoms with Gasteiger partial charge < -0.3 is 9.47 Å². The van der Waals surface area contributed by atoms with E-state index in [9.17, 15) is 4.79 Å². The van der Waals surface area contributed by atoms with Crippen molar-refractivity contribution < 1.29 is 4.79 Å². The largest absolute Gasteiger partial charge is 0.344 e. The van der Waals surface area contributed by atoms with Gasteiger partial charge in [-0.25, -0.2) is 4.98 Å². The van der Waals surface area contributed by atoms with Crippen molar-refractivity contribution in [3.63, 3.8) is 0 Å². The Labute approximate surface area is 121 Å². The number of aromatic nitrogens is 2. The maximum absolute atomic E-state index is 12.2. The molecule has 0 N–H and O–H groups in total. The van der Waals surface area contributed by atoms with E-state index in [1.54, 1.807) is 24.1 Å². The number of imidazole rings is 1. The quantitative estimate of drug-likeness (QED) is 0.795. The molecule has 1 amide bonds. The molecule has 1 saturated heterocycles. The lowest BCUT2D eigenvalue weighted by molar-refractivity contribution is -0.129. The molecule has 1 aliphatic rings. The summed E-state index contributed by atoms with van der Waals surface area (Å²) < 4.78 is 1.88. The number of alkyl halides is 1. The number of nitrogens with zero attached hydrogens (tertiary/aromatic N) is 4. The van der Waals surface area contributed by atoms with Crippen LogP contribution in [-0.2, 0) is 10.7 Å². The summed E-state index contributed by atoms with van der Waals surface area (Å²) in [5.74, 6) is 0.920. The maximum Gasteiger partial charge on any atom is 0.245 e. The van der Waals surface area contributed by atoms with Crippen LogP contribution in [0.3, 0.4) is 0 Å². The molecule has 102 valence electrons. The predicted molar refractivity (Wildman–Crippen MR) is 75.3 cm³/mol. The molecule has 1 unspecified atom stereocenters. The third-order valence-corrected chi connectivity index (χ3v) is 3.98. The van der Waals surface area contributed by atoms with Crippen LogP contribution in [0.2, 0.25) is 0 Å². The van der Waals surface area contributed by atoms with Crippen molar-refractivity contribution in [2.75, 3.05) is 13.6 Å². The van der Waals surface area contributed by atoms with E-state index in [0.29, 0.717) is 16.9 Å². The Morgan fingerprint density at radius 3 is 2.95 bits per heavy atom. The molecule has 6 heteroatoms. The first kappa shape index (κ1) is 12.9. The lowest BCUT2D eigenvalue weighted by Gasteiger charge is -2.15. The summed E-state index contributed by atoms with van der Waals surface area (Å²) in [4.78, 5) is 18.4. The Balaban J connectivity index is 2.25. The van der Waals surface area contributed by atoms with Gasteiger partial charge >= 0.3 is 0 Å². The number of likely N-dealkylation sites (tertiary alicyclic amines) is 1. The fraction of sp³-hybridized carbons (Fsp3) is 0.357. The average Bonchev–Trinajstić information content (AvgIpc) is 2.99. The van der Waals surface area contributed by atoms with Crippen LogP contribution in [0.5, 0.6) is 0 Å². The smallest absolute Gasteiger partial charge is 0.245 e. The summed E-state index contributed by atoms with van der Waals surface area (Å²) in [5.41, 5.74) is 1.92. The summed E-state index contributed by atoms with van der Waals surface area (Å²) in [5, 5.41) is 9.16. The molecule has 2 heterocycles. The number of rotatable bonds is 2. The lowest BCUT2D eigenvalue weighted by atomic mass is 10.2. The van der Waals surface area contributed by atoms with E-state index in [0.717, 1.165) is 18.5 Å². The first-order valence-corrected chi connectivity index (χ1v) is 6.91. The summed E-state index contributed by atoms with van der Waals surface area (Å²) >= 11 is 5.97. The molecule has 0 saturated carbocycles. The second-order valence-corrected chi connectivity index (χ2v) is 5.15. The maximum atomic E-state index is 12.2. The van der Waals surface area contributed by atoms with Crippen molar-refractivity contribution in [1.29, 1.82) is 5.26 Å². The van der Waals surface area contributed by atoms with E-state index in [2.05, 4.69) is 11.1 Å². The van der Waals surface area contributed by atoms with Crippen LogP contribution in [-0.4, -0.2) is 34.0 Å². The highest BCUT2D eigenvalue weighted by Crippen LogP contribution is 2.30. The molecule has 0 aliphatic carbocycles. The number of halogens is 1. The van der Waals surface area contributed by atoms with Gasteiger partial charge in [-0.3, -0.25) is 4.79 Å². The van der Waals surface area contributed by atoms with Gasteiger partial charge in [-0.15, -0.1) is 11.6 Å². The van der Waals surface area contributed by atoms with Crippen molar-refractivity contribution in [1.82, 2.24) is 14.5 Å². The Kier molecular flexibility index (Phi) is 3.11. The number of hydrogen-bond donors (Lipinski definition) is 0. The number of nitriles is 1. The van der Waals surface area contributed by atoms with Crippen molar-refractivity contribution in [3.05, 3.63) is 29.6 Å². The first-order valence-electron chi connectivity index (χ1n) is 6.38. The third-order valence-electron chi connectivity index (χ3n) is 3.74. The molecule has 1 aromatic carbocycles. The van der Waals surface area contributed by atoms with Gasteiger partial charge in [0.25, 0.3) is 0 Å². The van der Waals surface area contributed by atoms with Gasteiger partial charge in [0, 0.05) is 13.6 Å². The number of carbonyl (C=O) groups is 1. The zero-order chi connectivity index (χ0) is 14.3. The van der Waals surface area contributed by atoms with Gasteiger partial charge in [0.2, 0.25) is 5.91 Å². The van der Waals surface area contributed by atoms with E-state index in [1.165, 1.54) is 0 Å². The lowest BCUT2D eigenvalue weighted by Crippen LogP contribution is -2.25. The van der Waals surface area contributed by atoms with E-state index in [4.69, 9.17) is 16.9 Å². The molecule has 0 bridgehead atoms. The van der Waals surface area contributed by atoms with Gasteiger partial charge in [-0.2, -0.15) is 5.26 Å². The fourth-order valence-electron chi connectivity index (χ4n) is 2.74. The summed E-state index contributed by atoms with van der Waals surface area (Å²) in [6, 6.07) is 7.27. The molecule has 1 fully saturated rings. The number of hydrogen-bond acceptors (Lipinski definition) is 3. The molecule has 20 heavy (non-hydrogen) atoms. The van der Waals surface area contributed by atoms with E-state index in [-0.39, 0.29) is 17.8 Å². The van der Waals surface area contributed by atoms with Gasteiger partial charge in [-0.1, -0.05) is 6.07 Å². The molecule has 0 radical (unpaired) electrons. The zero-order valence-corrected chi connectivity index (χ0v) is 11.8. The Hall–Kier alpha value is -2.06. The molecule has 3 rings (SSSR count).